The number of para-hydroxylation sites is 3. The van der Waals surface area contributed by atoms with Crippen molar-refractivity contribution in [1.82, 2.24) is 14.1 Å². The highest BCUT2D eigenvalue weighted by atomic mass is 15.0. The van der Waals surface area contributed by atoms with Gasteiger partial charge in [-0.1, -0.05) is 121 Å². The normalized spacial score (nSPS) is 12.1. The highest BCUT2D eigenvalue weighted by molar-refractivity contribution is 6.18. The fourth-order valence-corrected chi connectivity index (χ4v) is 9.15. The van der Waals surface area contributed by atoms with Crippen molar-refractivity contribution in [1.29, 1.82) is 0 Å². The van der Waals surface area contributed by atoms with Gasteiger partial charge in [-0.3, -0.25) is 4.98 Å². The molecule has 3 heteroatoms. The van der Waals surface area contributed by atoms with Gasteiger partial charge in [-0.2, -0.15) is 0 Å². The van der Waals surface area contributed by atoms with Gasteiger partial charge in [0.15, 0.2) is 0 Å². The molecule has 8 aromatic carbocycles. The Morgan fingerprint density at radius 2 is 0.833 bits per heavy atom. The van der Waals surface area contributed by atoms with E-state index in [1.807, 2.05) is 0 Å². The van der Waals surface area contributed by atoms with Gasteiger partial charge in [0, 0.05) is 61.0 Å². The van der Waals surface area contributed by atoms with Crippen molar-refractivity contribution in [2.24, 2.45) is 0 Å². The molecule has 0 atom stereocenters. The fraction of sp³-hybridized carbons (Fsp3) is 0. The van der Waals surface area contributed by atoms with E-state index in [2.05, 4.69) is 197 Å². The number of fused-ring (bicyclic) bond motifs is 9. The topological polar surface area (TPSA) is 22.8 Å². The second kappa shape index (κ2) is 11.1. The van der Waals surface area contributed by atoms with Crippen LogP contribution in [0.15, 0.2) is 188 Å². The first-order chi connectivity index (χ1) is 26.8. The van der Waals surface area contributed by atoms with Crippen LogP contribution in [0.4, 0.5) is 0 Å². The van der Waals surface area contributed by atoms with Crippen LogP contribution in [0.1, 0.15) is 0 Å². The van der Waals surface area contributed by atoms with E-state index in [0.717, 1.165) is 16.9 Å². The maximum Gasteiger partial charge on any atom is 0.0781 e. The van der Waals surface area contributed by atoms with Crippen LogP contribution in [0.3, 0.4) is 0 Å². The number of aromatic nitrogens is 3. The minimum atomic E-state index is 1.01. The monoisotopic (exact) mass is 685 g/mol. The minimum absolute atomic E-state index is 1.01. The van der Waals surface area contributed by atoms with Crippen LogP contribution in [0, 0.1) is 0 Å². The summed E-state index contributed by atoms with van der Waals surface area (Å²) in [5.41, 5.74) is 16.7. The molecule has 3 nitrogen and oxygen atoms in total. The van der Waals surface area contributed by atoms with Gasteiger partial charge in [-0.15, -0.1) is 0 Å². The summed E-state index contributed by atoms with van der Waals surface area (Å²) < 4.78 is 4.78. The minimum Gasteiger partial charge on any atom is -0.309 e. The summed E-state index contributed by atoms with van der Waals surface area (Å²) in [4.78, 5) is 5.12. The van der Waals surface area contributed by atoms with Crippen molar-refractivity contribution in [3.8, 4) is 56.0 Å². The summed E-state index contributed by atoms with van der Waals surface area (Å²) in [5.74, 6) is 0. The number of benzene rings is 8. The molecule has 1 aliphatic carbocycles. The largest absolute Gasteiger partial charge is 0.309 e. The van der Waals surface area contributed by atoms with E-state index < -0.39 is 0 Å². The van der Waals surface area contributed by atoms with Crippen LogP contribution in [0.2, 0.25) is 0 Å². The Morgan fingerprint density at radius 1 is 0.315 bits per heavy atom. The summed E-state index contributed by atoms with van der Waals surface area (Å²) in [5, 5.41) is 7.47. The van der Waals surface area contributed by atoms with Crippen LogP contribution in [-0.4, -0.2) is 14.1 Å². The smallest absolute Gasteiger partial charge is 0.0781 e. The molecule has 1 aliphatic rings. The van der Waals surface area contributed by atoms with E-state index in [0.29, 0.717) is 0 Å². The van der Waals surface area contributed by atoms with E-state index in [1.165, 1.54) is 93.5 Å². The molecule has 54 heavy (non-hydrogen) atoms. The molecule has 11 aromatic rings. The molecule has 3 aromatic heterocycles. The molecule has 0 saturated carbocycles. The number of pyridine rings is 1. The lowest BCUT2D eigenvalue weighted by molar-refractivity contribution is 1.18. The first-order valence-electron chi connectivity index (χ1n) is 18.5. The lowest BCUT2D eigenvalue weighted by Crippen LogP contribution is -1.95. The van der Waals surface area contributed by atoms with Crippen LogP contribution in [0.25, 0.3) is 110 Å². The second-order valence-corrected chi connectivity index (χ2v) is 14.3. The molecule has 0 bridgehead atoms. The molecule has 0 spiro atoms. The van der Waals surface area contributed by atoms with Crippen molar-refractivity contribution < 1.29 is 0 Å². The zero-order chi connectivity index (χ0) is 35.3. The third-order valence-electron chi connectivity index (χ3n) is 11.5. The second-order valence-electron chi connectivity index (χ2n) is 14.3. The third kappa shape index (κ3) is 4.09. The van der Waals surface area contributed by atoms with Crippen molar-refractivity contribution in [2.75, 3.05) is 0 Å². The molecule has 0 aliphatic heterocycles. The van der Waals surface area contributed by atoms with Crippen LogP contribution >= 0.6 is 0 Å². The van der Waals surface area contributed by atoms with Crippen LogP contribution in [-0.2, 0) is 0 Å². The summed E-state index contributed by atoms with van der Waals surface area (Å²) in [6.07, 6.45) is 2.07. The van der Waals surface area contributed by atoms with E-state index in [9.17, 15) is 0 Å². The zero-order valence-electron chi connectivity index (χ0n) is 29.2. The summed E-state index contributed by atoms with van der Waals surface area (Å²) in [7, 11) is 0. The Bertz CT molecular complexity index is 3300. The molecule has 0 radical (unpaired) electrons. The van der Waals surface area contributed by atoms with Gasteiger partial charge in [0.2, 0.25) is 0 Å². The maximum atomic E-state index is 5.12. The molecule has 12 rings (SSSR count). The van der Waals surface area contributed by atoms with Crippen molar-refractivity contribution in [3.63, 3.8) is 0 Å². The SMILES string of the molecule is c1ccc(-n2c3ccccc3c3cc(-c4ccc5c(c4)c4ccccc4n5-c4cccc(-c5ncc6c7c(cccc57)-c5ccccc5-6)c4)ccc32)cc1. The summed E-state index contributed by atoms with van der Waals surface area (Å²) >= 11 is 0. The van der Waals surface area contributed by atoms with Crippen molar-refractivity contribution in [2.45, 2.75) is 0 Å². The number of nitrogens with zero attached hydrogens (tertiary/aromatic N) is 3. The van der Waals surface area contributed by atoms with Gasteiger partial charge in [0.1, 0.15) is 0 Å². The van der Waals surface area contributed by atoms with Crippen LogP contribution in [0.5, 0.6) is 0 Å². The standard InChI is InChI=1S/C51H31N3/c1-2-13-35(14-3-1)53-46-22-8-6-18-39(46)43-29-32(24-26-48(43)53)33-25-27-49-44(30-33)40-19-7-9-23-47(40)54(49)36-15-10-12-34(28-36)51-42-21-11-20-41-37-16-4-5-17-38(37)45(31-52-51)50(41)42/h1-31H. The number of rotatable bonds is 4. The van der Waals surface area contributed by atoms with Gasteiger partial charge in [0.05, 0.1) is 27.8 Å². The van der Waals surface area contributed by atoms with E-state index >= 15 is 0 Å². The van der Waals surface area contributed by atoms with E-state index in [4.69, 9.17) is 4.98 Å². The Kier molecular flexibility index (Phi) is 6.05. The Morgan fingerprint density at radius 3 is 1.54 bits per heavy atom. The van der Waals surface area contributed by atoms with Gasteiger partial charge in [-0.25, -0.2) is 0 Å². The van der Waals surface area contributed by atoms with Gasteiger partial charge >= 0.3 is 0 Å². The fourth-order valence-electron chi connectivity index (χ4n) is 9.15. The molecule has 0 fully saturated rings. The first kappa shape index (κ1) is 29.4. The van der Waals surface area contributed by atoms with E-state index in [-0.39, 0.29) is 0 Å². The quantitative estimate of drug-likeness (QED) is 0.181. The van der Waals surface area contributed by atoms with Crippen LogP contribution < -0.4 is 0 Å². The molecular formula is C51H31N3. The summed E-state index contributed by atoms with van der Waals surface area (Å²) in [6.45, 7) is 0. The number of hydrogen-bond acceptors (Lipinski definition) is 1. The average molecular weight is 686 g/mol. The van der Waals surface area contributed by atoms with Gasteiger partial charge < -0.3 is 9.13 Å². The zero-order valence-corrected chi connectivity index (χ0v) is 29.2. The van der Waals surface area contributed by atoms with E-state index in [1.54, 1.807) is 0 Å². The Hall–Kier alpha value is -7.23. The highest BCUT2D eigenvalue weighted by Gasteiger charge is 2.23. The number of hydrogen-bond donors (Lipinski definition) is 0. The first-order valence-corrected chi connectivity index (χ1v) is 18.5. The lowest BCUT2D eigenvalue weighted by Gasteiger charge is -2.12. The average Bonchev–Trinajstić information content (AvgIpc) is 3.87. The van der Waals surface area contributed by atoms with Crippen molar-refractivity contribution in [3.05, 3.63) is 188 Å². The van der Waals surface area contributed by atoms with Crippen molar-refractivity contribution >= 4 is 54.4 Å². The molecule has 3 heterocycles. The molecule has 0 unspecified atom stereocenters. The molecule has 0 saturated heterocycles. The molecule has 0 amide bonds. The highest BCUT2D eigenvalue weighted by Crippen LogP contribution is 2.48. The summed E-state index contributed by atoms with van der Waals surface area (Å²) in [6, 6.07) is 66.2. The third-order valence-corrected chi connectivity index (χ3v) is 11.5. The molecule has 0 N–H and O–H groups in total. The lowest BCUT2D eigenvalue weighted by atomic mass is 9.99. The molecule has 250 valence electrons. The molecular weight excluding hydrogens is 655 g/mol. The predicted molar refractivity (Wildman–Crippen MR) is 226 cm³/mol. The maximum absolute atomic E-state index is 5.12. The Balaban J connectivity index is 1.01. The van der Waals surface area contributed by atoms with Gasteiger partial charge in [-0.05, 0) is 88.5 Å². The van der Waals surface area contributed by atoms with Gasteiger partial charge in [0.25, 0.3) is 0 Å². The predicted octanol–water partition coefficient (Wildman–Crippen LogP) is 13.4. The Labute approximate surface area is 311 Å².